The van der Waals surface area contributed by atoms with E-state index in [0.29, 0.717) is 34.5 Å². The minimum Gasteiger partial charge on any atom is -0.394 e. The maximum absolute atomic E-state index is 13.3. The molecule has 0 fully saturated rings. The Labute approximate surface area is 181 Å². The van der Waals surface area contributed by atoms with Crippen molar-refractivity contribution in [1.82, 2.24) is 19.5 Å². The smallest absolute Gasteiger partial charge is 0.394 e. The van der Waals surface area contributed by atoms with Gasteiger partial charge in [-0.25, -0.2) is 9.97 Å². The molecule has 0 saturated carbocycles. The van der Waals surface area contributed by atoms with Crippen LogP contribution in [0.15, 0.2) is 66.0 Å². The molecule has 32 heavy (non-hydrogen) atoms. The van der Waals surface area contributed by atoms with E-state index >= 15 is 0 Å². The number of aliphatic hydroxyl groups excluding tert-OH is 1. The summed E-state index contributed by atoms with van der Waals surface area (Å²) in [4.78, 5) is 26.4. The summed E-state index contributed by atoms with van der Waals surface area (Å²) in [6, 6.07) is 9.16. The average molecular weight is 440 g/mol. The number of pyridine rings is 2. The number of hydrogen-bond donors (Lipinski definition) is 1. The van der Waals surface area contributed by atoms with Crippen molar-refractivity contribution < 1.29 is 18.3 Å². The summed E-state index contributed by atoms with van der Waals surface area (Å²) < 4.78 is 40.2. The number of fused-ring (bicyclic) bond motifs is 1. The van der Waals surface area contributed by atoms with Crippen molar-refractivity contribution >= 4 is 10.9 Å². The Bertz CT molecular complexity index is 1300. The number of halogens is 3. The van der Waals surface area contributed by atoms with Gasteiger partial charge in [0, 0.05) is 23.5 Å². The van der Waals surface area contributed by atoms with Crippen LogP contribution in [0.25, 0.3) is 33.4 Å². The highest BCUT2D eigenvalue weighted by Crippen LogP contribution is 2.32. The summed E-state index contributed by atoms with van der Waals surface area (Å²) >= 11 is 0. The molecular weight excluding hydrogens is 421 g/mol. The summed E-state index contributed by atoms with van der Waals surface area (Å²) in [6.45, 7) is 1.62. The van der Waals surface area contributed by atoms with Gasteiger partial charge >= 0.3 is 6.18 Å². The zero-order valence-electron chi connectivity index (χ0n) is 17.0. The Balaban J connectivity index is 1.97. The highest BCUT2D eigenvalue weighted by molar-refractivity contribution is 5.93. The number of hydrogen-bond acceptors (Lipinski definition) is 5. The second kappa shape index (κ2) is 8.51. The fourth-order valence-corrected chi connectivity index (χ4v) is 3.50. The van der Waals surface area contributed by atoms with Gasteiger partial charge in [0.05, 0.1) is 41.3 Å². The van der Waals surface area contributed by atoms with Crippen LogP contribution in [0.3, 0.4) is 0 Å². The third-order valence-corrected chi connectivity index (χ3v) is 5.29. The molecule has 0 bridgehead atoms. The lowest BCUT2D eigenvalue weighted by atomic mass is 10.0. The van der Waals surface area contributed by atoms with E-state index in [2.05, 4.69) is 15.0 Å². The summed E-state index contributed by atoms with van der Waals surface area (Å²) in [7, 11) is 0. The number of alkyl halides is 3. The molecule has 3 heterocycles. The molecule has 3 aromatic heterocycles. The molecule has 1 N–H and O–H groups in total. The summed E-state index contributed by atoms with van der Waals surface area (Å²) in [5.74, 6) is 0. The molecule has 9 heteroatoms. The zero-order chi connectivity index (χ0) is 22.9. The van der Waals surface area contributed by atoms with Crippen molar-refractivity contribution in [2.45, 2.75) is 25.6 Å². The number of aliphatic hydroxyl groups is 1. The van der Waals surface area contributed by atoms with Gasteiger partial charge in [0.25, 0.3) is 5.56 Å². The van der Waals surface area contributed by atoms with Crippen molar-refractivity contribution in [2.24, 2.45) is 0 Å². The van der Waals surface area contributed by atoms with Crippen LogP contribution in [0.1, 0.15) is 24.9 Å². The predicted molar refractivity (Wildman–Crippen MR) is 114 cm³/mol. The molecule has 0 amide bonds. The van der Waals surface area contributed by atoms with Crippen molar-refractivity contribution in [3.8, 4) is 22.5 Å². The third-order valence-electron chi connectivity index (χ3n) is 5.29. The molecule has 6 nitrogen and oxygen atoms in total. The fraction of sp³-hybridized carbons (Fsp3) is 0.217. The monoisotopic (exact) mass is 440 g/mol. The Morgan fingerprint density at radius 3 is 2.47 bits per heavy atom. The van der Waals surface area contributed by atoms with Gasteiger partial charge < -0.3 is 5.11 Å². The molecule has 1 atom stereocenters. The molecule has 1 aromatic carbocycles. The van der Waals surface area contributed by atoms with Crippen molar-refractivity contribution in [1.29, 1.82) is 0 Å². The predicted octanol–water partition coefficient (Wildman–Crippen LogP) is 4.48. The number of benzene rings is 1. The van der Waals surface area contributed by atoms with Gasteiger partial charge in [-0.1, -0.05) is 19.1 Å². The third kappa shape index (κ3) is 3.99. The van der Waals surface area contributed by atoms with Gasteiger partial charge in [-0.2, -0.15) is 13.2 Å². The largest absolute Gasteiger partial charge is 0.416 e. The Hall–Kier alpha value is -3.59. The summed E-state index contributed by atoms with van der Waals surface area (Å²) in [5, 5.41) is 9.89. The topological polar surface area (TPSA) is 80.9 Å². The normalized spacial score (nSPS) is 12.8. The van der Waals surface area contributed by atoms with Crippen LogP contribution in [-0.4, -0.2) is 31.2 Å². The quantitative estimate of drug-likeness (QED) is 0.495. The van der Waals surface area contributed by atoms with Gasteiger partial charge in [-0.3, -0.25) is 14.3 Å². The van der Waals surface area contributed by atoms with Gasteiger partial charge in [0.1, 0.15) is 5.52 Å². The minimum absolute atomic E-state index is 0.226. The second-order valence-electron chi connectivity index (χ2n) is 7.27. The molecule has 4 rings (SSSR count). The van der Waals surface area contributed by atoms with E-state index < -0.39 is 17.8 Å². The number of aromatic nitrogens is 4. The molecule has 0 aliphatic carbocycles. The Kier molecular flexibility index (Phi) is 5.75. The van der Waals surface area contributed by atoms with E-state index in [1.807, 2.05) is 6.92 Å². The molecule has 0 spiro atoms. The molecule has 0 aliphatic rings. The maximum Gasteiger partial charge on any atom is 0.416 e. The molecule has 0 radical (unpaired) electrons. The fourth-order valence-electron chi connectivity index (χ4n) is 3.50. The van der Waals surface area contributed by atoms with Crippen molar-refractivity contribution in [3.63, 3.8) is 0 Å². The van der Waals surface area contributed by atoms with Crippen LogP contribution in [0, 0.1) is 0 Å². The highest BCUT2D eigenvalue weighted by atomic mass is 19.4. The molecule has 1 unspecified atom stereocenters. The Morgan fingerprint density at radius 1 is 1.12 bits per heavy atom. The van der Waals surface area contributed by atoms with Crippen LogP contribution in [0.2, 0.25) is 0 Å². The first-order chi connectivity index (χ1) is 15.3. The second-order valence-corrected chi connectivity index (χ2v) is 7.27. The van der Waals surface area contributed by atoms with Crippen LogP contribution >= 0.6 is 0 Å². The summed E-state index contributed by atoms with van der Waals surface area (Å²) in [5.41, 5.74) is 0.983. The Morgan fingerprint density at radius 2 is 1.88 bits per heavy atom. The lowest BCUT2D eigenvalue weighted by Crippen LogP contribution is -2.27. The molecular formula is C23H19F3N4O2. The van der Waals surface area contributed by atoms with Gasteiger partial charge in [-0.15, -0.1) is 0 Å². The van der Waals surface area contributed by atoms with Crippen LogP contribution in [0.5, 0.6) is 0 Å². The van der Waals surface area contributed by atoms with E-state index in [1.54, 1.807) is 24.5 Å². The van der Waals surface area contributed by atoms with Crippen molar-refractivity contribution in [2.75, 3.05) is 6.61 Å². The lowest BCUT2D eigenvalue weighted by molar-refractivity contribution is -0.137. The lowest BCUT2D eigenvalue weighted by Gasteiger charge is -2.16. The average Bonchev–Trinajstić information content (AvgIpc) is 2.81. The summed E-state index contributed by atoms with van der Waals surface area (Å²) in [6.07, 6.45) is 0.630. The van der Waals surface area contributed by atoms with E-state index in [9.17, 15) is 23.1 Å². The first-order valence-electron chi connectivity index (χ1n) is 9.94. The van der Waals surface area contributed by atoms with Crippen LogP contribution < -0.4 is 5.56 Å². The van der Waals surface area contributed by atoms with Crippen LogP contribution in [0.4, 0.5) is 13.2 Å². The molecule has 164 valence electrons. The van der Waals surface area contributed by atoms with Crippen molar-refractivity contribution in [3.05, 3.63) is 77.1 Å². The SMILES string of the molecule is CCC(CO)n1cnc2c(-c3cccnc3)nc(-c3ccc(C(F)(F)F)cc3)cc2c1=O. The number of rotatable bonds is 5. The maximum atomic E-state index is 13.3. The molecule has 0 aliphatic heterocycles. The molecule has 0 saturated heterocycles. The first kappa shape index (κ1) is 21.6. The number of nitrogens with zero attached hydrogens (tertiary/aromatic N) is 4. The van der Waals surface area contributed by atoms with E-state index in [0.717, 1.165) is 12.1 Å². The minimum atomic E-state index is -4.45. The van der Waals surface area contributed by atoms with Gasteiger partial charge in [0.2, 0.25) is 0 Å². The van der Waals surface area contributed by atoms with Gasteiger partial charge in [-0.05, 0) is 36.8 Å². The molecule has 4 aromatic rings. The van der Waals surface area contributed by atoms with E-state index in [4.69, 9.17) is 0 Å². The zero-order valence-corrected chi connectivity index (χ0v) is 17.0. The highest BCUT2D eigenvalue weighted by Gasteiger charge is 2.30. The van der Waals surface area contributed by atoms with E-state index in [1.165, 1.54) is 29.1 Å². The first-order valence-corrected chi connectivity index (χ1v) is 9.94. The standard InChI is InChI=1S/C23H19F3N4O2/c1-2-17(12-31)30-13-28-21-18(22(30)32)10-19(29-20(21)15-4-3-9-27-11-15)14-5-7-16(8-6-14)23(24,25)26/h3-11,13,17,31H,2,12H2,1H3. The van der Waals surface area contributed by atoms with E-state index in [-0.39, 0.29) is 17.6 Å². The van der Waals surface area contributed by atoms with Crippen LogP contribution in [-0.2, 0) is 6.18 Å². The van der Waals surface area contributed by atoms with Gasteiger partial charge in [0.15, 0.2) is 0 Å².